The molecule has 19 heavy (non-hydrogen) atoms. The molecule has 2 rings (SSSR count). The van der Waals surface area contributed by atoms with Gasteiger partial charge in [-0.15, -0.1) is 0 Å². The maximum absolute atomic E-state index is 8.80. The van der Waals surface area contributed by atoms with E-state index >= 15 is 0 Å². The summed E-state index contributed by atoms with van der Waals surface area (Å²) in [5.41, 5.74) is 9.81. The second-order valence-electron chi connectivity index (χ2n) is 4.17. The Labute approximate surface area is 112 Å². The van der Waals surface area contributed by atoms with Crippen LogP contribution in [0.3, 0.4) is 0 Å². The van der Waals surface area contributed by atoms with Gasteiger partial charge in [-0.25, -0.2) is 0 Å². The van der Waals surface area contributed by atoms with Crippen LogP contribution in [0.1, 0.15) is 11.1 Å². The van der Waals surface area contributed by atoms with Crippen LogP contribution < -0.4 is 11.1 Å². The van der Waals surface area contributed by atoms with Crippen molar-refractivity contribution >= 4 is 17.1 Å². The van der Waals surface area contributed by atoms with E-state index in [2.05, 4.69) is 11.4 Å². The molecule has 3 N–H and O–H groups in total. The zero-order chi connectivity index (χ0) is 13.7. The van der Waals surface area contributed by atoms with Crippen molar-refractivity contribution in [2.24, 2.45) is 0 Å². The molecule has 0 aliphatic rings. The summed E-state index contributed by atoms with van der Waals surface area (Å²) in [5, 5.41) is 12.0. The van der Waals surface area contributed by atoms with Crippen LogP contribution in [0.5, 0.6) is 0 Å². The second-order valence-corrected chi connectivity index (χ2v) is 4.17. The van der Waals surface area contributed by atoms with E-state index in [0.717, 1.165) is 16.9 Å². The first kappa shape index (κ1) is 12.9. The summed E-state index contributed by atoms with van der Waals surface area (Å²) in [6.07, 6.45) is 0. The molecule has 0 atom stereocenters. The molecule has 0 bridgehead atoms. The van der Waals surface area contributed by atoms with Gasteiger partial charge in [0.25, 0.3) is 0 Å². The first-order chi connectivity index (χ1) is 9.22. The fourth-order valence-corrected chi connectivity index (χ4v) is 1.81. The minimum absolute atomic E-state index is 0.552. The fraction of sp³-hybridized carbons (Fsp3) is 0.133. The molecule has 0 amide bonds. The third kappa shape index (κ3) is 3.24. The number of ether oxygens (including phenoxy) is 1. The molecule has 0 unspecified atom stereocenters. The highest BCUT2D eigenvalue weighted by atomic mass is 16.5. The zero-order valence-electron chi connectivity index (χ0n) is 10.7. The summed E-state index contributed by atoms with van der Waals surface area (Å²) in [7, 11) is 1.67. The SMILES string of the molecule is COCc1cccc(Nc2ccc(C#N)cc2N)c1. The molecule has 0 aliphatic heterocycles. The van der Waals surface area contributed by atoms with E-state index in [1.54, 1.807) is 25.3 Å². The van der Waals surface area contributed by atoms with Crippen LogP contribution in [0.4, 0.5) is 17.1 Å². The minimum atomic E-state index is 0.552. The predicted octanol–water partition coefficient (Wildman–Crippen LogP) is 3.03. The van der Waals surface area contributed by atoms with E-state index < -0.39 is 0 Å². The Morgan fingerprint density at radius 3 is 2.79 bits per heavy atom. The lowest BCUT2D eigenvalue weighted by Gasteiger charge is -2.10. The van der Waals surface area contributed by atoms with Gasteiger partial charge < -0.3 is 15.8 Å². The van der Waals surface area contributed by atoms with E-state index in [1.165, 1.54) is 0 Å². The Bertz CT molecular complexity index is 617. The number of nitrogens with one attached hydrogen (secondary N) is 1. The van der Waals surface area contributed by atoms with Crippen molar-refractivity contribution in [3.8, 4) is 6.07 Å². The first-order valence-corrected chi connectivity index (χ1v) is 5.87. The second kappa shape index (κ2) is 5.89. The molecular weight excluding hydrogens is 238 g/mol. The normalized spacial score (nSPS) is 9.89. The smallest absolute Gasteiger partial charge is 0.0992 e. The summed E-state index contributed by atoms with van der Waals surface area (Å²) < 4.78 is 5.10. The number of benzene rings is 2. The quantitative estimate of drug-likeness (QED) is 0.821. The highest BCUT2D eigenvalue weighted by Gasteiger charge is 2.02. The van der Waals surface area contributed by atoms with Gasteiger partial charge in [-0.2, -0.15) is 5.26 Å². The zero-order valence-corrected chi connectivity index (χ0v) is 10.7. The Morgan fingerprint density at radius 2 is 2.11 bits per heavy atom. The van der Waals surface area contributed by atoms with Crippen molar-refractivity contribution in [3.63, 3.8) is 0 Å². The third-order valence-corrected chi connectivity index (χ3v) is 2.70. The van der Waals surface area contributed by atoms with Crippen LogP contribution in [0.25, 0.3) is 0 Å². The molecule has 0 radical (unpaired) electrons. The molecule has 0 aliphatic carbocycles. The number of hydrogen-bond acceptors (Lipinski definition) is 4. The third-order valence-electron chi connectivity index (χ3n) is 2.70. The molecule has 0 saturated heterocycles. The summed E-state index contributed by atoms with van der Waals surface area (Å²) in [6.45, 7) is 0.568. The number of methoxy groups -OCH3 is 1. The lowest BCUT2D eigenvalue weighted by atomic mass is 10.1. The van der Waals surface area contributed by atoms with Crippen LogP contribution in [0.2, 0.25) is 0 Å². The Kier molecular flexibility index (Phi) is 4.01. The highest BCUT2D eigenvalue weighted by molar-refractivity contribution is 5.74. The Balaban J connectivity index is 2.21. The largest absolute Gasteiger partial charge is 0.397 e. The monoisotopic (exact) mass is 253 g/mol. The number of nitriles is 1. The number of hydrogen-bond donors (Lipinski definition) is 2. The van der Waals surface area contributed by atoms with Crippen LogP contribution in [-0.2, 0) is 11.3 Å². The van der Waals surface area contributed by atoms with E-state index in [4.69, 9.17) is 15.7 Å². The Hall–Kier alpha value is -2.51. The molecule has 4 heteroatoms. The summed E-state index contributed by atoms with van der Waals surface area (Å²) in [5.74, 6) is 0. The average Bonchev–Trinajstić information content (AvgIpc) is 2.42. The molecule has 96 valence electrons. The topological polar surface area (TPSA) is 71.1 Å². The van der Waals surface area contributed by atoms with Crippen LogP contribution in [0, 0.1) is 11.3 Å². The maximum atomic E-state index is 8.80. The van der Waals surface area contributed by atoms with Crippen molar-refractivity contribution in [1.29, 1.82) is 5.26 Å². The molecule has 4 nitrogen and oxygen atoms in total. The van der Waals surface area contributed by atoms with E-state index in [-0.39, 0.29) is 0 Å². The van der Waals surface area contributed by atoms with E-state index in [0.29, 0.717) is 17.9 Å². The van der Waals surface area contributed by atoms with E-state index in [9.17, 15) is 0 Å². The fourth-order valence-electron chi connectivity index (χ4n) is 1.81. The first-order valence-electron chi connectivity index (χ1n) is 5.87. The lowest BCUT2D eigenvalue weighted by molar-refractivity contribution is 0.185. The van der Waals surface area contributed by atoms with Crippen molar-refractivity contribution in [1.82, 2.24) is 0 Å². The van der Waals surface area contributed by atoms with Crippen molar-refractivity contribution in [3.05, 3.63) is 53.6 Å². The van der Waals surface area contributed by atoms with Crippen LogP contribution in [-0.4, -0.2) is 7.11 Å². The molecule has 0 saturated carbocycles. The van der Waals surface area contributed by atoms with Gasteiger partial charge in [0.05, 0.1) is 29.6 Å². The number of rotatable bonds is 4. The van der Waals surface area contributed by atoms with Gasteiger partial charge in [0.15, 0.2) is 0 Å². The molecule has 2 aromatic carbocycles. The Morgan fingerprint density at radius 1 is 1.26 bits per heavy atom. The van der Waals surface area contributed by atoms with Gasteiger partial charge in [-0.3, -0.25) is 0 Å². The van der Waals surface area contributed by atoms with Gasteiger partial charge in [-0.1, -0.05) is 12.1 Å². The van der Waals surface area contributed by atoms with Gasteiger partial charge in [-0.05, 0) is 35.9 Å². The molecule has 0 heterocycles. The van der Waals surface area contributed by atoms with E-state index in [1.807, 2.05) is 24.3 Å². The standard InChI is InChI=1S/C15H15N3O/c1-19-10-12-3-2-4-13(7-12)18-15-6-5-11(9-16)8-14(15)17/h2-8,18H,10,17H2,1H3. The molecular formula is C15H15N3O. The average molecular weight is 253 g/mol. The minimum Gasteiger partial charge on any atom is -0.397 e. The number of nitrogen functional groups attached to an aromatic ring is 1. The number of nitrogens with two attached hydrogens (primary N) is 1. The van der Waals surface area contributed by atoms with Crippen molar-refractivity contribution in [2.75, 3.05) is 18.2 Å². The summed E-state index contributed by atoms with van der Waals surface area (Å²) in [4.78, 5) is 0. The van der Waals surface area contributed by atoms with Crippen LogP contribution >= 0.6 is 0 Å². The van der Waals surface area contributed by atoms with Crippen LogP contribution in [0.15, 0.2) is 42.5 Å². The summed E-state index contributed by atoms with van der Waals surface area (Å²) in [6, 6.07) is 15.2. The lowest BCUT2D eigenvalue weighted by Crippen LogP contribution is -1.97. The summed E-state index contributed by atoms with van der Waals surface area (Å²) >= 11 is 0. The number of anilines is 3. The van der Waals surface area contributed by atoms with Gasteiger partial charge in [0, 0.05) is 12.8 Å². The van der Waals surface area contributed by atoms with Crippen molar-refractivity contribution < 1.29 is 4.74 Å². The van der Waals surface area contributed by atoms with Gasteiger partial charge >= 0.3 is 0 Å². The maximum Gasteiger partial charge on any atom is 0.0992 e. The van der Waals surface area contributed by atoms with Crippen molar-refractivity contribution in [2.45, 2.75) is 6.61 Å². The molecule has 0 fully saturated rings. The van der Waals surface area contributed by atoms with Gasteiger partial charge in [0.2, 0.25) is 0 Å². The predicted molar refractivity (Wildman–Crippen MR) is 76.0 cm³/mol. The van der Waals surface area contributed by atoms with Gasteiger partial charge in [0.1, 0.15) is 0 Å². The highest BCUT2D eigenvalue weighted by Crippen LogP contribution is 2.24. The molecule has 2 aromatic rings. The molecule has 0 aromatic heterocycles. The molecule has 0 spiro atoms. The number of nitrogens with zero attached hydrogens (tertiary/aromatic N) is 1.